The van der Waals surface area contributed by atoms with Crippen LogP contribution in [0.2, 0.25) is 0 Å². The van der Waals surface area contributed by atoms with Gasteiger partial charge in [0.05, 0.1) is 0 Å². The summed E-state index contributed by atoms with van der Waals surface area (Å²) in [7, 11) is 0. The maximum atomic E-state index is 8.91. The van der Waals surface area contributed by atoms with E-state index in [1.165, 1.54) is 0 Å². The van der Waals surface area contributed by atoms with Gasteiger partial charge in [-0.3, -0.25) is 0 Å². The average molecular weight is 283 g/mol. The lowest BCUT2D eigenvalue weighted by Crippen LogP contribution is -2.03. The molecule has 0 saturated heterocycles. The lowest BCUT2D eigenvalue weighted by molar-refractivity contribution is 0.299. The minimum Gasteiger partial charge on any atom is -0.489 e. The number of rotatable bonds is 8. The first-order chi connectivity index (χ1) is 10.3. The maximum absolute atomic E-state index is 8.91. The van der Waals surface area contributed by atoms with E-state index in [9.17, 15) is 0 Å². The number of hydrogen-bond donors (Lipinski definition) is 2. The fourth-order valence-corrected chi connectivity index (χ4v) is 2.06. The Hall–Kier alpha value is -2.26. The van der Waals surface area contributed by atoms with Gasteiger partial charge in [0.25, 0.3) is 0 Å². The minimum absolute atomic E-state index is 0.181. The smallest absolute Gasteiger partial charge is 0.124 e. The van der Waals surface area contributed by atoms with Crippen LogP contribution in [0.25, 0.3) is 0 Å². The Bertz CT molecular complexity index is 564. The van der Waals surface area contributed by atoms with Crippen LogP contribution in [0, 0.1) is 0 Å². The molecule has 0 amide bonds. The van der Waals surface area contributed by atoms with Crippen molar-refractivity contribution in [1.29, 1.82) is 0 Å². The third-order valence-corrected chi connectivity index (χ3v) is 3.17. The zero-order valence-electron chi connectivity index (χ0n) is 12.1. The van der Waals surface area contributed by atoms with Crippen LogP contribution < -0.4 is 10.1 Å². The van der Waals surface area contributed by atoms with E-state index in [-0.39, 0.29) is 6.61 Å². The zero-order valence-corrected chi connectivity index (χ0v) is 12.1. The van der Waals surface area contributed by atoms with Crippen LogP contribution in [-0.4, -0.2) is 18.3 Å². The van der Waals surface area contributed by atoms with E-state index in [2.05, 4.69) is 11.9 Å². The molecule has 0 fully saturated rings. The van der Waals surface area contributed by atoms with Crippen molar-refractivity contribution in [2.75, 3.05) is 18.5 Å². The number of aliphatic hydroxyl groups is 1. The molecule has 0 atom stereocenters. The standard InChI is InChI=1S/C18H21NO2/c1-2-13-21-18-6-4-3-5-16(18)14-19-17-9-7-15(8-10-17)11-12-20/h2-10,19-20H,1,11-14H2. The van der Waals surface area contributed by atoms with Crippen molar-refractivity contribution in [3.05, 3.63) is 72.3 Å². The maximum Gasteiger partial charge on any atom is 0.124 e. The van der Waals surface area contributed by atoms with Gasteiger partial charge in [-0.05, 0) is 30.2 Å². The van der Waals surface area contributed by atoms with E-state index < -0.39 is 0 Å². The summed E-state index contributed by atoms with van der Waals surface area (Å²) in [5.41, 5.74) is 3.30. The van der Waals surface area contributed by atoms with Crippen molar-refractivity contribution in [2.45, 2.75) is 13.0 Å². The van der Waals surface area contributed by atoms with Gasteiger partial charge in [0.1, 0.15) is 12.4 Å². The third kappa shape index (κ3) is 4.65. The molecule has 110 valence electrons. The van der Waals surface area contributed by atoms with Gasteiger partial charge in [-0.25, -0.2) is 0 Å². The number of aliphatic hydroxyl groups excluding tert-OH is 1. The molecule has 2 rings (SSSR count). The van der Waals surface area contributed by atoms with Gasteiger partial charge in [-0.15, -0.1) is 0 Å². The Morgan fingerprint density at radius 1 is 1.10 bits per heavy atom. The van der Waals surface area contributed by atoms with E-state index in [0.717, 1.165) is 22.6 Å². The summed E-state index contributed by atoms with van der Waals surface area (Å²) in [6.45, 7) is 5.05. The second-order valence-electron chi connectivity index (χ2n) is 4.73. The largest absolute Gasteiger partial charge is 0.489 e. The Balaban J connectivity index is 1.97. The Morgan fingerprint density at radius 2 is 1.86 bits per heavy atom. The molecular formula is C18H21NO2. The molecule has 0 saturated carbocycles. The number of ether oxygens (including phenoxy) is 1. The van der Waals surface area contributed by atoms with E-state index in [0.29, 0.717) is 19.6 Å². The van der Waals surface area contributed by atoms with Gasteiger partial charge in [-0.2, -0.15) is 0 Å². The van der Waals surface area contributed by atoms with Crippen LogP contribution >= 0.6 is 0 Å². The monoisotopic (exact) mass is 283 g/mol. The predicted octanol–water partition coefficient (Wildman–Crippen LogP) is 3.40. The van der Waals surface area contributed by atoms with Gasteiger partial charge in [0.15, 0.2) is 0 Å². The van der Waals surface area contributed by atoms with Crippen LogP contribution in [0.3, 0.4) is 0 Å². The summed E-state index contributed by atoms with van der Waals surface area (Å²) in [6.07, 6.45) is 2.43. The molecule has 0 unspecified atom stereocenters. The molecule has 0 aliphatic heterocycles. The fourth-order valence-electron chi connectivity index (χ4n) is 2.06. The predicted molar refractivity (Wildman–Crippen MR) is 86.7 cm³/mol. The van der Waals surface area contributed by atoms with Crippen molar-refractivity contribution in [3.63, 3.8) is 0 Å². The van der Waals surface area contributed by atoms with Crippen LogP contribution in [0.5, 0.6) is 5.75 Å². The molecule has 0 aliphatic rings. The molecule has 0 heterocycles. The van der Waals surface area contributed by atoms with Gasteiger partial charge in [-0.1, -0.05) is 43.0 Å². The Morgan fingerprint density at radius 3 is 2.57 bits per heavy atom. The van der Waals surface area contributed by atoms with Crippen LogP contribution in [0.1, 0.15) is 11.1 Å². The number of hydrogen-bond acceptors (Lipinski definition) is 3. The van der Waals surface area contributed by atoms with Crippen molar-refractivity contribution in [2.24, 2.45) is 0 Å². The van der Waals surface area contributed by atoms with E-state index in [4.69, 9.17) is 9.84 Å². The SMILES string of the molecule is C=CCOc1ccccc1CNc1ccc(CCO)cc1. The van der Waals surface area contributed by atoms with Gasteiger partial charge < -0.3 is 15.2 Å². The molecule has 0 aliphatic carbocycles. The molecule has 3 nitrogen and oxygen atoms in total. The van der Waals surface area contributed by atoms with Crippen molar-refractivity contribution in [3.8, 4) is 5.75 Å². The minimum atomic E-state index is 0.181. The van der Waals surface area contributed by atoms with Gasteiger partial charge in [0, 0.05) is 24.4 Å². The Labute approximate surface area is 125 Å². The fraction of sp³-hybridized carbons (Fsp3) is 0.222. The van der Waals surface area contributed by atoms with E-state index in [1.807, 2.05) is 48.5 Å². The molecule has 2 N–H and O–H groups in total. The molecule has 2 aromatic rings. The summed E-state index contributed by atoms with van der Waals surface area (Å²) in [5.74, 6) is 0.877. The summed E-state index contributed by atoms with van der Waals surface area (Å²) in [4.78, 5) is 0. The van der Waals surface area contributed by atoms with Crippen LogP contribution in [0.4, 0.5) is 5.69 Å². The molecular weight excluding hydrogens is 262 g/mol. The van der Waals surface area contributed by atoms with Crippen molar-refractivity contribution >= 4 is 5.69 Å². The highest BCUT2D eigenvalue weighted by Crippen LogP contribution is 2.20. The summed E-state index contributed by atoms with van der Waals surface area (Å²) < 4.78 is 5.64. The highest BCUT2D eigenvalue weighted by Gasteiger charge is 2.02. The normalized spacial score (nSPS) is 10.1. The van der Waals surface area contributed by atoms with Crippen LogP contribution in [-0.2, 0) is 13.0 Å². The molecule has 3 heteroatoms. The average Bonchev–Trinajstić information content (AvgIpc) is 2.53. The quantitative estimate of drug-likeness (QED) is 0.730. The van der Waals surface area contributed by atoms with Crippen molar-refractivity contribution < 1.29 is 9.84 Å². The first kappa shape index (κ1) is 15.1. The first-order valence-corrected chi connectivity index (χ1v) is 7.08. The number of anilines is 1. The van der Waals surface area contributed by atoms with Gasteiger partial charge >= 0.3 is 0 Å². The van der Waals surface area contributed by atoms with E-state index in [1.54, 1.807) is 6.08 Å². The topological polar surface area (TPSA) is 41.5 Å². The van der Waals surface area contributed by atoms with Gasteiger partial charge in [0.2, 0.25) is 0 Å². The molecule has 0 aromatic heterocycles. The number of nitrogens with one attached hydrogen (secondary N) is 1. The second-order valence-corrected chi connectivity index (χ2v) is 4.73. The molecule has 2 aromatic carbocycles. The van der Waals surface area contributed by atoms with Crippen LogP contribution in [0.15, 0.2) is 61.2 Å². The second kappa shape index (κ2) is 8.12. The molecule has 21 heavy (non-hydrogen) atoms. The molecule has 0 bridgehead atoms. The summed E-state index contributed by atoms with van der Waals surface area (Å²) >= 11 is 0. The number of para-hydroxylation sites is 1. The number of benzene rings is 2. The molecule has 0 radical (unpaired) electrons. The lowest BCUT2D eigenvalue weighted by atomic mass is 10.1. The summed E-state index contributed by atoms with van der Waals surface area (Å²) in [6, 6.07) is 16.1. The van der Waals surface area contributed by atoms with Crippen molar-refractivity contribution in [1.82, 2.24) is 0 Å². The highest BCUT2D eigenvalue weighted by atomic mass is 16.5. The zero-order chi connectivity index (χ0) is 14.9. The first-order valence-electron chi connectivity index (χ1n) is 7.08. The third-order valence-electron chi connectivity index (χ3n) is 3.17. The van der Waals surface area contributed by atoms with E-state index >= 15 is 0 Å². The Kier molecular flexibility index (Phi) is 5.85. The highest BCUT2D eigenvalue weighted by molar-refractivity contribution is 5.46. The molecule has 0 spiro atoms. The lowest BCUT2D eigenvalue weighted by Gasteiger charge is -2.12. The summed E-state index contributed by atoms with van der Waals surface area (Å²) in [5, 5.41) is 12.3.